The number of rotatable bonds is 6. The third-order valence-corrected chi connectivity index (χ3v) is 6.48. The standard InChI is InChI=1S/C18H19BrN2O4S/c1-20(12-18(9-10-18)13-3-5-14(19)6-4-13)15-7-8-16(21(22)23)17(11-15)26(2,24)25/h3-8,11H,9-10,12H2,1-2H3. The Morgan fingerprint density at radius 2 is 1.81 bits per heavy atom. The van der Waals surface area contributed by atoms with Gasteiger partial charge < -0.3 is 4.90 Å². The van der Waals surface area contributed by atoms with Crippen molar-refractivity contribution >= 4 is 37.1 Å². The van der Waals surface area contributed by atoms with Crippen LogP contribution in [0.4, 0.5) is 11.4 Å². The minimum Gasteiger partial charge on any atom is -0.374 e. The number of nitro groups is 1. The second-order valence-electron chi connectivity index (χ2n) is 6.82. The summed E-state index contributed by atoms with van der Waals surface area (Å²) in [6.07, 6.45) is 3.11. The van der Waals surface area contributed by atoms with Crippen LogP contribution in [-0.2, 0) is 15.3 Å². The molecule has 2 aromatic rings. The molecule has 0 unspecified atom stereocenters. The number of nitro benzene ring substituents is 1. The Morgan fingerprint density at radius 3 is 2.31 bits per heavy atom. The van der Waals surface area contributed by atoms with Crippen molar-refractivity contribution in [3.05, 3.63) is 62.6 Å². The van der Waals surface area contributed by atoms with E-state index in [2.05, 4.69) is 28.1 Å². The summed E-state index contributed by atoms with van der Waals surface area (Å²) in [6.45, 7) is 0.718. The normalized spacial score (nSPS) is 15.5. The van der Waals surface area contributed by atoms with Crippen molar-refractivity contribution in [1.82, 2.24) is 0 Å². The molecule has 0 aromatic heterocycles. The number of nitrogens with zero attached hydrogens (tertiary/aromatic N) is 2. The topological polar surface area (TPSA) is 80.5 Å². The molecule has 6 nitrogen and oxygen atoms in total. The molecule has 0 saturated heterocycles. The minimum atomic E-state index is -3.69. The third-order valence-electron chi connectivity index (χ3n) is 4.83. The lowest BCUT2D eigenvalue weighted by Crippen LogP contribution is -2.29. The predicted octanol–water partition coefficient (Wildman–Crippen LogP) is 3.93. The van der Waals surface area contributed by atoms with Gasteiger partial charge in [-0.1, -0.05) is 28.1 Å². The first-order valence-electron chi connectivity index (χ1n) is 8.08. The summed E-state index contributed by atoms with van der Waals surface area (Å²) >= 11 is 3.44. The molecule has 0 radical (unpaired) electrons. The van der Waals surface area contributed by atoms with Crippen LogP contribution in [0.25, 0.3) is 0 Å². The number of likely N-dealkylation sites (N-methyl/N-ethyl adjacent to an activating group) is 1. The Bertz CT molecular complexity index is 954. The van der Waals surface area contributed by atoms with Crippen molar-refractivity contribution in [1.29, 1.82) is 0 Å². The number of hydrogen-bond donors (Lipinski definition) is 0. The van der Waals surface area contributed by atoms with E-state index in [9.17, 15) is 18.5 Å². The van der Waals surface area contributed by atoms with Crippen LogP contribution in [-0.4, -0.2) is 33.2 Å². The molecule has 1 saturated carbocycles. The molecule has 3 rings (SSSR count). The molecular weight excluding hydrogens is 420 g/mol. The summed E-state index contributed by atoms with van der Waals surface area (Å²) in [4.78, 5) is 12.2. The highest BCUT2D eigenvalue weighted by atomic mass is 79.9. The van der Waals surface area contributed by atoms with E-state index in [4.69, 9.17) is 0 Å². The molecule has 0 amide bonds. The van der Waals surface area contributed by atoms with Gasteiger partial charge in [0.15, 0.2) is 9.84 Å². The largest absolute Gasteiger partial charge is 0.374 e. The van der Waals surface area contributed by atoms with Crippen LogP contribution in [0, 0.1) is 10.1 Å². The zero-order chi connectivity index (χ0) is 19.1. The van der Waals surface area contributed by atoms with Gasteiger partial charge in [-0.25, -0.2) is 8.42 Å². The lowest BCUT2D eigenvalue weighted by atomic mass is 9.95. The van der Waals surface area contributed by atoms with Gasteiger partial charge in [0.05, 0.1) is 4.92 Å². The van der Waals surface area contributed by atoms with Gasteiger partial charge in [0.1, 0.15) is 4.90 Å². The molecule has 138 valence electrons. The van der Waals surface area contributed by atoms with Gasteiger partial charge in [0.25, 0.3) is 5.69 Å². The van der Waals surface area contributed by atoms with Crippen molar-refractivity contribution in [2.75, 3.05) is 24.7 Å². The first-order chi connectivity index (χ1) is 12.1. The highest BCUT2D eigenvalue weighted by molar-refractivity contribution is 9.10. The Hall–Kier alpha value is -1.93. The number of halogens is 1. The van der Waals surface area contributed by atoms with E-state index in [1.165, 1.54) is 17.7 Å². The molecule has 0 aliphatic heterocycles. The van der Waals surface area contributed by atoms with E-state index in [1.807, 2.05) is 24.1 Å². The van der Waals surface area contributed by atoms with Gasteiger partial charge in [-0.15, -0.1) is 0 Å². The van der Waals surface area contributed by atoms with E-state index < -0.39 is 20.4 Å². The van der Waals surface area contributed by atoms with Crippen LogP contribution < -0.4 is 4.90 Å². The van der Waals surface area contributed by atoms with Crippen molar-refractivity contribution in [2.45, 2.75) is 23.2 Å². The van der Waals surface area contributed by atoms with Gasteiger partial charge in [-0.05, 0) is 42.7 Å². The number of sulfone groups is 1. The Labute approximate surface area is 161 Å². The lowest BCUT2D eigenvalue weighted by Gasteiger charge is -2.26. The third kappa shape index (κ3) is 3.76. The molecule has 0 heterocycles. The molecule has 26 heavy (non-hydrogen) atoms. The van der Waals surface area contributed by atoms with E-state index >= 15 is 0 Å². The van der Waals surface area contributed by atoms with Crippen molar-refractivity contribution in [2.24, 2.45) is 0 Å². The molecule has 1 fully saturated rings. The highest BCUT2D eigenvalue weighted by Gasteiger charge is 2.45. The van der Waals surface area contributed by atoms with Crippen LogP contribution in [0.3, 0.4) is 0 Å². The summed E-state index contributed by atoms with van der Waals surface area (Å²) in [7, 11) is -1.81. The van der Waals surface area contributed by atoms with E-state index in [0.717, 1.165) is 30.1 Å². The Kier molecular flexibility index (Phi) is 4.83. The Morgan fingerprint density at radius 1 is 1.19 bits per heavy atom. The van der Waals surface area contributed by atoms with Crippen LogP contribution >= 0.6 is 15.9 Å². The van der Waals surface area contributed by atoms with Crippen molar-refractivity contribution < 1.29 is 13.3 Å². The van der Waals surface area contributed by atoms with Gasteiger partial charge in [0, 0.05) is 41.5 Å². The summed E-state index contributed by atoms with van der Waals surface area (Å²) in [5.41, 5.74) is 1.55. The monoisotopic (exact) mass is 438 g/mol. The fourth-order valence-electron chi connectivity index (χ4n) is 3.23. The fourth-order valence-corrected chi connectivity index (χ4v) is 4.35. The molecule has 2 aromatic carbocycles. The van der Waals surface area contributed by atoms with Gasteiger partial charge in [0.2, 0.25) is 0 Å². The fraction of sp³-hybridized carbons (Fsp3) is 0.333. The van der Waals surface area contributed by atoms with Gasteiger partial charge >= 0.3 is 0 Å². The summed E-state index contributed by atoms with van der Waals surface area (Å²) < 4.78 is 24.9. The van der Waals surface area contributed by atoms with Crippen LogP contribution in [0.15, 0.2) is 51.8 Å². The second kappa shape index (κ2) is 6.66. The number of benzene rings is 2. The number of hydrogen-bond acceptors (Lipinski definition) is 5. The first-order valence-corrected chi connectivity index (χ1v) is 10.8. The van der Waals surface area contributed by atoms with Crippen molar-refractivity contribution in [3.63, 3.8) is 0 Å². The smallest absolute Gasteiger partial charge is 0.288 e. The second-order valence-corrected chi connectivity index (χ2v) is 9.72. The maximum atomic E-state index is 12.0. The zero-order valence-electron chi connectivity index (χ0n) is 14.5. The zero-order valence-corrected chi connectivity index (χ0v) is 16.9. The maximum Gasteiger partial charge on any atom is 0.288 e. The predicted molar refractivity (Wildman–Crippen MR) is 105 cm³/mol. The molecular formula is C18H19BrN2O4S. The molecule has 0 atom stereocenters. The average molecular weight is 439 g/mol. The van der Waals surface area contributed by atoms with E-state index in [1.54, 1.807) is 6.07 Å². The number of anilines is 1. The van der Waals surface area contributed by atoms with Gasteiger partial charge in [-0.3, -0.25) is 10.1 Å². The quantitative estimate of drug-likeness (QED) is 0.503. The highest BCUT2D eigenvalue weighted by Crippen LogP contribution is 2.49. The molecule has 0 spiro atoms. The van der Waals surface area contributed by atoms with E-state index in [-0.39, 0.29) is 10.3 Å². The van der Waals surface area contributed by atoms with E-state index in [0.29, 0.717) is 5.69 Å². The maximum absolute atomic E-state index is 12.0. The lowest BCUT2D eigenvalue weighted by molar-refractivity contribution is -0.387. The first kappa shape index (κ1) is 18.8. The molecule has 0 bridgehead atoms. The SMILES string of the molecule is CN(CC1(c2ccc(Br)cc2)CC1)c1ccc([N+](=O)[O-])c(S(C)(=O)=O)c1. The Balaban J connectivity index is 1.90. The van der Waals surface area contributed by atoms with Crippen LogP contribution in [0.1, 0.15) is 18.4 Å². The summed E-state index contributed by atoms with van der Waals surface area (Å²) in [6, 6.07) is 12.5. The van der Waals surface area contributed by atoms with Crippen molar-refractivity contribution in [3.8, 4) is 0 Å². The molecule has 1 aliphatic rings. The van der Waals surface area contributed by atoms with Gasteiger partial charge in [-0.2, -0.15) is 0 Å². The summed E-state index contributed by atoms with van der Waals surface area (Å²) in [5.74, 6) is 0. The molecule has 1 aliphatic carbocycles. The van der Waals surface area contributed by atoms with Crippen LogP contribution in [0.5, 0.6) is 0 Å². The average Bonchev–Trinajstić information content (AvgIpc) is 3.34. The van der Waals surface area contributed by atoms with Crippen LogP contribution in [0.2, 0.25) is 0 Å². The molecule has 8 heteroatoms. The molecule has 0 N–H and O–H groups in total. The minimum absolute atomic E-state index is 0.0441. The summed E-state index contributed by atoms with van der Waals surface area (Å²) in [5, 5.41) is 11.1.